The Morgan fingerprint density at radius 3 is 2.56 bits per heavy atom. The molecule has 98 valence electrons. The summed E-state index contributed by atoms with van der Waals surface area (Å²) in [6, 6.07) is 5.74. The average molecular weight is 267 g/mol. The first kappa shape index (κ1) is 14.7. The smallest absolute Gasteiger partial charge is 0.261 e. The summed E-state index contributed by atoms with van der Waals surface area (Å²) in [6.45, 7) is 8.09. The number of aryl methyl sites for hydroxylation is 2. The van der Waals surface area contributed by atoms with Crippen LogP contribution >= 0.6 is 12.4 Å². The largest absolute Gasteiger partial charge is 0.269 e. The molecule has 0 aliphatic carbocycles. The van der Waals surface area contributed by atoms with Gasteiger partial charge in [0.15, 0.2) is 0 Å². The summed E-state index contributed by atoms with van der Waals surface area (Å²) in [5.74, 6) is 0.463. The molecule has 0 spiro atoms. The molecule has 0 atom stereocenters. The molecule has 0 aliphatic rings. The lowest BCUT2D eigenvalue weighted by Gasteiger charge is -2.11. The van der Waals surface area contributed by atoms with Crippen molar-refractivity contribution in [2.45, 2.75) is 34.1 Å². The van der Waals surface area contributed by atoms with Crippen LogP contribution in [-0.4, -0.2) is 9.38 Å². The van der Waals surface area contributed by atoms with Crippen molar-refractivity contribution >= 4 is 18.1 Å². The molecule has 0 fully saturated rings. The Hall–Kier alpha value is -1.35. The molecule has 4 heteroatoms. The maximum Gasteiger partial charge on any atom is 0.261 e. The third-order valence-electron chi connectivity index (χ3n) is 2.96. The molecule has 18 heavy (non-hydrogen) atoms. The van der Waals surface area contributed by atoms with Gasteiger partial charge < -0.3 is 0 Å². The highest BCUT2D eigenvalue weighted by molar-refractivity contribution is 5.85. The highest BCUT2D eigenvalue weighted by Gasteiger charge is 2.11. The SMILES string of the molecule is Cc1nc2cccc(C)n2c(=O)c1CC(C)C.Cl. The van der Waals surface area contributed by atoms with E-state index in [4.69, 9.17) is 0 Å². The van der Waals surface area contributed by atoms with Gasteiger partial charge in [-0.05, 0) is 38.3 Å². The van der Waals surface area contributed by atoms with E-state index in [2.05, 4.69) is 18.8 Å². The van der Waals surface area contributed by atoms with Crippen LogP contribution in [0, 0.1) is 19.8 Å². The van der Waals surface area contributed by atoms with Crippen LogP contribution in [0.15, 0.2) is 23.0 Å². The second-order valence-corrected chi connectivity index (χ2v) is 4.94. The van der Waals surface area contributed by atoms with Crippen molar-refractivity contribution in [3.63, 3.8) is 0 Å². The van der Waals surface area contributed by atoms with E-state index in [0.717, 1.165) is 29.0 Å². The predicted octanol–water partition coefficient (Wildman–Crippen LogP) is 2.93. The summed E-state index contributed by atoms with van der Waals surface area (Å²) in [6.07, 6.45) is 0.787. The summed E-state index contributed by atoms with van der Waals surface area (Å²) >= 11 is 0. The van der Waals surface area contributed by atoms with Gasteiger partial charge in [-0.2, -0.15) is 0 Å². The van der Waals surface area contributed by atoms with Crippen LogP contribution in [-0.2, 0) is 6.42 Å². The number of hydrogen-bond acceptors (Lipinski definition) is 2. The van der Waals surface area contributed by atoms with E-state index >= 15 is 0 Å². The number of rotatable bonds is 2. The average Bonchev–Trinajstić information content (AvgIpc) is 2.23. The minimum absolute atomic E-state index is 0. The van der Waals surface area contributed by atoms with Gasteiger partial charge in [0.25, 0.3) is 5.56 Å². The predicted molar refractivity (Wildman–Crippen MR) is 76.7 cm³/mol. The Labute approximate surface area is 113 Å². The fraction of sp³-hybridized carbons (Fsp3) is 0.429. The standard InChI is InChI=1S/C14H18N2O.ClH/c1-9(2)8-12-11(4)15-13-7-5-6-10(3)16(13)14(12)17;/h5-7,9H,8H2,1-4H3;1H. The van der Waals surface area contributed by atoms with Crippen LogP contribution in [0.3, 0.4) is 0 Å². The molecule has 0 bridgehead atoms. The van der Waals surface area contributed by atoms with Gasteiger partial charge in [-0.25, -0.2) is 4.98 Å². The van der Waals surface area contributed by atoms with E-state index in [1.165, 1.54) is 0 Å². The minimum atomic E-state index is 0. The molecule has 0 amide bonds. The van der Waals surface area contributed by atoms with E-state index in [1.54, 1.807) is 4.40 Å². The van der Waals surface area contributed by atoms with Crippen molar-refractivity contribution in [2.24, 2.45) is 5.92 Å². The lowest BCUT2D eigenvalue weighted by molar-refractivity contribution is 0.634. The normalized spacial score (nSPS) is 10.7. The van der Waals surface area contributed by atoms with E-state index < -0.39 is 0 Å². The van der Waals surface area contributed by atoms with E-state index in [0.29, 0.717) is 5.92 Å². The van der Waals surface area contributed by atoms with Crippen LogP contribution in [0.4, 0.5) is 0 Å². The van der Waals surface area contributed by atoms with Gasteiger partial charge in [-0.1, -0.05) is 19.9 Å². The maximum absolute atomic E-state index is 12.4. The number of halogens is 1. The number of hydrogen-bond donors (Lipinski definition) is 0. The van der Waals surface area contributed by atoms with Gasteiger partial charge in [-0.15, -0.1) is 12.4 Å². The first-order valence-electron chi connectivity index (χ1n) is 5.98. The molecule has 0 N–H and O–H groups in total. The monoisotopic (exact) mass is 266 g/mol. The quantitative estimate of drug-likeness (QED) is 0.838. The molecule has 2 aromatic heterocycles. The number of aromatic nitrogens is 2. The second-order valence-electron chi connectivity index (χ2n) is 4.94. The molecule has 0 saturated carbocycles. The van der Waals surface area contributed by atoms with Gasteiger partial charge in [0, 0.05) is 17.0 Å². The van der Waals surface area contributed by atoms with Crippen LogP contribution in [0.5, 0.6) is 0 Å². The maximum atomic E-state index is 12.4. The molecule has 0 aromatic carbocycles. The number of pyridine rings is 1. The zero-order chi connectivity index (χ0) is 12.6. The van der Waals surface area contributed by atoms with Gasteiger partial charge in [0.2, 0.25) is 0 Å². The van der Waals surface area contributed by atoms with Crippen molar-refractivity contribution in [2.75, 3.05) is 0 Å². The van der Waals surface area contributed by atoms with E-state index in [1.807, 2.05) is 32.0 Å². The summed E-state index contributed by atoms with van der Waals surface area (Å²) in [7, 11) is 0. The molecule has 3 nitrogen and oxygen atoms in total. The molecular weight excluding hydrogens is 248 g/mol. The Bertz CT molecular complexity index is 617. The molecule has 0 radical (unpaired) electrons. The number of fused-ring (bicyclic) bond motifs is 1. The highest BCUT2D eigenvalue weighted by atomic mass is 35.5. The topological polar surface area (TPSA) is 34.4 Å². The Morgan fingerprint density at radius 2 is 1.94 bits per heavy atom. The molecule has 0 aliphatic heterocycles. The zero-order valence-electron chi connectivity index (χ0n) is 11.2. The molecular formula is C14H19ClN2O. The molecule has 2 rings (SSSR count). The van der Waals surface area contributed by atoms with Crippen molar-refractivity contribution in [3.05, 3.63) is 45.5 Å². The third kappa shape index (κ3) is 2.56. The number of nitrogens with zero attached hydrogens (tertiary/aromatic N) is 2. The summed E-state index contributed by atoms with van der Waals surface area (Å²) < 4.78 is 1.70. The van der Waals surface area contributed by atoms with Crippen molar-refractivity contribution in [1.82, 2.24) is 9.38 Å². The summed E-state index contributed by atoms with van der Waals surface area (Å²) in [4.78, 5) is 16.9. The van der Waals surface area contributed by atoms with Gasteiger partial charge >= 0.3 is 0 Å². The summed E-state index contributed by atoms with van der Waals surface area (Å²) in [5, 5.41) is 0. The second kappa shape index (κ2) is 5.53. The molecule has 0 saturated heterocycles. The molecule has 2 aromatic rings. The highest BCUT2D eigenvalue weighted by Crippen LogP contribution is 2.10. The van der Waals surface area contributed by atoms with Gasteiger partial charge in [0.05, 0.1) is 0 Å². The Morgan fingerprint density at radius 1 is 1.28 bits per heavy atom. The minimum Gasteiger partial charge on any atom is -0.269 e. The fourth-order valence-corrected chi connectivity index (χ4v) is 2.13. The van der Waals surface area contributed by atoms with Crippen LogP contribution in [0.1, 0.15) is 30.8 Å². The van der Waals surface area contributed by atoms with E-state index in [-0.39, 0.29) is 18.0 Å². The third-order valence-corrected chi connectivity index (χ3v) is 2.96. The lowest BCUT2D eigenvalue weighted by Crippen LogP contribution is -2.24. The van der Waals surface area contributed by atoms with Crippen molar-refractivity contribution in [3.8, 4) is 0 Å². The van der Waals surface area contributed by atoms with Gasteiger partial charge in [0.1, 0.15) is 5.65 Å². The molecule has 2 heterocycles. The zero-order valence-corrected chi connectivity index (χ0v) is 12.0. The van der Waals surface area contributed by atoms with Crippen molar-refractivity contribution in [1.29, 1.82) is 0 Å². The lowest BCUT2D eigenvalue weighted by atomic mass is 10.0. The van der Waals surface area contributed by atoms with Gasteiger partial charge in [-0.3, -0.25) is 9.20 Å². The van der Waals surface area contributed by atoms with Crippen LogP contribution in [0.2, 0.25) is 0 Å². The van der Waals surface area contributed by atoms with Crippen molar-refractivity contribution < 1.29 is 0 Å². The summed E-state index contributed by atoms with van der Waals surface area (Å²) in [5.41, 5.74) is 3.45. The molecule has 0 unspecified atom stereocenters. The Kier molecular flexibility index (Phi) is 4.52. The van der Waals surface area contributed by atoms with Crippen LogP contribution in [0.25, 0.3) is 5.65 Å². The first-order chi connectivity index (χ1) is 8.00. The Balaban J connectivity index is 0.00000162. The fourth-order valence-electron chi connectivity index (χ4n) is 2.13. The van der Waals surface area contributed by atoms with Crippen LogP contribution < -0.4 is 5.56 Å². The first-order valence-corrected chi connectivity index (χ1v) is 5.98. The van der Waals surface area contributed by atoms with E-state index in [9.17, 15) is 4.79 Å².